The Kier molecular flexibility index (Phi) is 5.40. The zero-order valence-corrected chi connectivity index (χ0v) is 16.1. The lowest BCUT2D eigenvalue weighted by Crippen LogP contribution is -3.15. The van der Waals surface area contributed by atoms with Crippen molar-refractivity contribution in [1.82, 2.24) is 15.1 Å². The van der Waals surface area contributed by atoms with E-state index in [4.69, 9.17) is 20.9 Å². The van der Waals surface area contributed by atoms with Crippen LogP contribution in [0.5, 0.6) is 5.75 Å². The minimum atomic E-state index is -0.463. The number of aromatic nitrogens is 3. The molecule has 2 aromatic heterocycles. The normalized spacial score (nSPS) is 15.0. The molecule has 0 unspecified atom stereocenters. The molecule has 0 amide bonds. The van der Waals surface area contributed by atoms with E-state index in [1.165, 1.54) is 11.0 Å². The summed E-state index contributed by atoms with van der Waals surface area (Å²) in [6.45, 7) is 5.57. The molecular formula is C19H20ClFN5O2+. The van der Waals surface area contributed by atoms with Crippen molar-refractivity contribution >= 4 is 17.5 Å². The molecule has 1 N–H and O–H groups in total. The van der Waals surface area contributed by atoms with Crippen molar-refractivity contribution in [3.63, 3.8) is 0 Å². The number of ether oxygens (including phenoxy) is 1. The number of benzene rings is 1. The summed E-state index contributed by atoms with van der Waals surface area (Å²) < 4.78 is 25.5. The van der Waals surface area contributed by atoms with Crippen LogP contribution in [0.2, 0.25) is 5.02 Å². The standard InChI is InChI=1S/C19H19ClFN5O2/c1-13-18(17(24-28-13)16-14(20)4-2-5-15(16)21)27-12-25-8-10-26(11-9-25)19-22-6-3-7-23-19/h2-7H,8-12H2,1H3/p+1. The van der Waals surface area contributed by atoms with E-state index >= 15 is 0 Å². The molecule has 1 aliphatic heterocycles. The maximum Gasteiger partial charge on any atom is 0.225 e. The molecule has 1 saturated heterocycles. The number of hydrogen-bond acceptors (Lipinski definition) is 6. The third kappa shape index (κ3) is 3.79. The zero-order valence-electron chi connectivity index (χ0n) is 15.4. The molecular weight excluding hydrogens is 385 g/mol. The maximum absolute atomic E-state index is 14.3. The van der Waals surface area contributed by atoms with Crippen molar-refractivity contribution in [1.29, 1.82) is 0 Å². The predicted octanol–water partition coefficient (Wildman–Crippen LogP) is 1.97. The quantitative estimate of drug-likeness (QED) is 0.701. The number of aryl methyl sites for hydroxylation is 1. The fourth-order valence-corrected chi connectivity index (χ4v) is 3.47. The van der Waals surface area contributed by atoms with Crippen LogP contribution in [0.25, 0.3) is 11.3 Å². The van der Waals surface area contributed by atoms with Gasteiger partial charge in [0.15, 0.2) is 17.2 Å². The van der Waals surface area contributed by atoms with Gasteiger partial charge in [-0.15, -0.1) is 0 Å². The number of nitrogens with one attached hydrogen (secondary N) is 1. The molecule has 0 bridgehead atoms. The highest BCUT2D eigenvalue weighted by Crippen LogP contribution is 2.37. The molecule has 7 nitrogen and oxygen atoms in total. The lowest BCUT2D eigenvalue weighted by molar-refractivity contribution is -0.916. The number of piperazine rings is 1. The van der Waals surface area contributed by atoms with Crippen molar-refractivity contribution in [3.8, 4) is 17.0 Å². The van der Waals surface area contributed by atoms with E-state index in [0.717, 1.165) is 32.1 Å². The van der Waals surface area contributed by atoms with Gasteiger partial charge in [-0.3, -0.25) is 4.90 Å². The van der Waals surface area contributed by atoms with Gasteiger partial charge < -0.3 is 14.2 Å². The van der Waals surface area contributed by atoms with Crippen LogP contribution in [0.1, 0.15) is 5.76 Å². The van der Waals surface area contributed by atoms with Gasteiger partial charge >= 0.3 is 0 Å². The Morgan fingerprint density at radius 3 is 2.68 bits per heavy atom. The van der Waals surface area contributed by atoms with Crippen molar-refractivity contribution in [2.45, 2.75) is 6.92 Å². The van der Waals surface area contributed by atoms with Gasteiger partial charge in [-0.1, -0.05) is 22.8 Å². The molecule has 146 valence electrons. The first-order chi connectivity index (χ1) is 13.6. The number of anilines is 1. The molecule has 4 rings (SSSR count). The summed E-state index contributed by atoms with van der Waals surface area (Å²) in [5.41, 5.74) is 0.480. The van der Waals surface area contributed by atoms with E-state index in [9.17, 15) is 4.39 Å². The van der Waals surface area contributed by atoms with E-state index in [1.807, 2.05) is 0 Å². The largest absolute Gasteiger partial charge is 0.439 e. The first-order valence-corrected chi connectivity index (χ1v) is 9.40. The lowest BCUT2D eigenvalue weighted by Gasteiger charge is -2.31. The fraction of sp³-hybridized carbons (Fsp3) is 0.316. The van der Waals surface area contributed by atoms with Crippen LogP contribution in [-0.4, -0.2) is 48.0 Å². The van der Waals surface area contributed by atoms with Crippen LogP contribution in [0.15, 0.2) is 41.2 Å². The fourth-order valence-electron chi connectivity index (χ4n) is 3.21. The van der Waals surface area contributed by atoms with Crippen molar-refractivity contribution in [2.75, 3.05) is 37.8 Å². The van der Waals surface area contributed by atoms with Gasteiger partial charge in [-0.05, 0) is 18.2 Å². The molecule has 9 heteroatoms. The summed E-state index contributed by atoms with van der Waals surface area (Å²) in [7, 11) is 0. The monoisotopic (exact) mass is 404 g/mol. The number of nitrogens with zero attached hydrogens (tertiary/aromatic N) is 4. The van der Waals surface area contributed by atoms with Crippen LogP contribution in [0.4, 0.5) is 10.3 Å². The summed E-state index contributed by atoms with van der Waals surface area (Å²) in [5.74, 6) is 1.20. The Bertz CT molecular complexity index is 925. The first-order valence-electron chi connectivity index (χ1n) is 9.02. The highest BCUT2D eigenvalue weighted by molar-refractivity contribution is 6.33. The second kappa shape index (κ2) is 8.12. The minimum absolute atomic E-state index is 0.192. The molecule has 0 spiro atoms. The Labute approximate surface area is 166 Å². The van der Waals surface area contributed by atoms with E-state index < -0.39 is 5.82 Å². The number of hydrogen-bond donors (Lipinski definition) is 1. The summed E-state index contributed by atoms with van der Waals surface area (Å²) in [6.07, 6.45) is 3.49. The lowest BCUT2D eigenvalue weighted by atomic mass is 10.1. The molecule has 3 heterocycles. The molecule has 1 aliphatic rings. The van der Waals surface area contributed by atoms with E-state index in [2.05, 4.69) is 20.0 Å². The number of quaternary nitrogens is 1. The maximum atomic E-state index is 14.3. The van der Waals surface area contributed by atoms with Crippen LogP contribution in [0.3, 0.4) is 0 Å². The molecule has 28 heavy (non-hydrogen) atoms. The predicted molar refractivity (Wildman–Crippen MR) is 102 cm³/mol. The SMILES string of the molecule is Cc1onc(-c2c(F)cccc2Cl)c1OC[NH+]1CCN(c2ncccn2)CC1. The Morgan fingerprint density at radius 2 is 1.96 bits per heavy atom. The average Bonchev–Trinajstić information content (AvgIpc) is 3.07. The van der Waals surface area contributed by atoms with Gasteiger partial charge in [0, 0.05) is 19.3 Å². The van der Waals surface area contributed by atoms with Gasteiger partial charge in [0.25, 0.3) is 0 Å². The summed E-state index contributed by atoms with van der Waals surface area (Å²) >= 11 is 6.17. The summed E-state index contributed by atoms with van der Waals surface area (Å²) in [5, 5.41) is 4.23. The van der Waals surface area contributed by atoms with Crippen molar-refractivity contribution < 1.29 is 18.6 Å². The molecule has 0 aliphatic carbocycles. The van der Waals surface area contributed by atoms with Gasteiger partial charge in [-0.25, -0.2) is 14.4 Å². The van der Waals surface area contributed by atoms with Crippen LogP contribution < -0.4 is 14.5 Å². The first kappa shape index (κ1) is 18.6. The summed E-state index contributed by atoms with van der Waals surface area (Å²) in [4.78, 5) is 12.0. The highest BCUT2D eigenvalue weighted by atomic mass is 35.5. The van der Waals surface area contributed by atoms with Crippen molar-refractivity contribution in [2.24, 2.45) is 0 Å². The third-order valence-electron chi connectivity index (χ3n) is 4.73. The van der Waals surface area contributed by atoms with Gasteiger partial charge in [0.05, 0.1) is 36.8 Å². The van der Waals surface area contributed by atoms with Gasteiger partial charge in [0.1, 0.15) is 5.82 Å². The third-order valence-corrected chi connectivity index (χ3v) is 5.05. The Morgan fingerprint density at radius 1 is 1.21 bits per heavy atom. The second-order valence-corrected chi connectivity index (χ2v) is 6.99. The summed E-state index contributed by atoms with van der Waals surface area (Å²) in [6, 6.07) is 6.31. The number of halogens is 2. The zero-order chi connectivity index (χ0) is 19.5. The van der Waals surface area contributed by atoms with Gasteiger partial charge in [-0.2, -0.15) is 0 Å². The Balaban J connectivity index is 1.42. The van der Waals surface area contributed by atoms with Gasteiger partial charge in [0.2, 0.25) is 12.7 Å². The van der Waals surface area contributed by atoms with E-state index in [-0.39, 0.29) is 16.3 Å². The topological polar surface area (TPSA) is 68.7 Å². The Hall–Kier alpha value is -2.71. The van der Waals surface area contributed by atoms with Crippen molar-refractivity contribution in [3.05, 3.63) is 53.3 Å². The molecule has 0 radical (unpaired) electrons. The second-order valence-electron chi connectivity index (χ2n) is 6.59. The van der Waals surface area contributed by atoms with Crippen LogP contribution in [0, 0.1) is 12.7 Å². The molecule has 1 aromatic carbocycles. The smallest absolute Gasteiger partial charge is 0.225 e. The molecule has 0 saturated carbocycles. The highest BCUT2D eigenvalue weighted by Gasteiger charge is 2.25. The van der Waals surface area contributed by atoms with Crippen LogP contribution >= 0.6 is 11.6 Å². The minimum Gasteiger partial charge on any atom is -0.439 e. The van der Waals surface area contributed by atoms with E-state index in [1.54, 1.807) is 37.5 Å². The average molecular weight is 405 g/mol. The molecule has 0 atom stereocenters. The molecule has 3 aromatic rings. The number of rotatable bonds is 5. The molecule has 1 fully saturated rings. The van der Waals surface area contributed by atoms with E-state index in [0.29, 0.717) is 18.2 Å². The van der Waals surface area contributed by atoms with Crippen LogP contribution in [-0.2, 0) is 0 Å².